The van der Waals surface area contributed by atoms with Crippen LogP contribution in [0.25, 0.3) is 11.0 Å². The van der Waals surface area contributed by atoms with E-state index >= 15 is 0 Å². The van der Waals surface area contributed by atoms with E-state index in [1.54, 1.807) is 0 Å². The van der Waals surface area contributed by atoms with Crippen molar-refractivity contribution in [3.63, 3.8) is 0 Å². The average molecular weight is 444 g/mol. The normalized spacial score (nSPS) is 19.8. The lowest BCUT2D eigenvalue weighted by Gasteiger charge is -2.29. The van der Waals surface area contributed by atoms with Gasteiger partial charge < -0.3 is 18.8 Å². The summed E-state index contributed by atoms with van der Waals surface area (Å²) >= 11 is 3.60. The highest BCUT2D eigenvalue weighted by Gasteiger charge is 2.28. The van der Waals surface area contributed by atoms with Gasteiger partial charge in [0, 0.05) is 30.7 Å². The number of ether oxygens (including phenoxy) is 3. The van der Waals surface area contributed by atoms with Gasteiger partial charge in [-0.15, -0.1) is 0 Å². The van der Waals surface area contributed by atoms with Crippen LogP contribution in [0.3, 0.4) is 0 Å². The Labute approximate surface area is 172 Å². The maximum Gasteiger partial charge on any atom is 0.190 e. The molecular weight excluding hydrogens is 422 g/mol. The van der Waals surface area contributed by atoms with Crippen molar-refractivity contribution >= 4 is 27.0 Å². The summed E-state index contributed by atoms with van der Waals surface area (Å²) in [5, 5.41) is 0. The molecule has 1 fully saturated rings. The van der Waals surface area contributed by atoms with E-state index in [9.17, 15) is 0 Å². The number of halogens is 1. The second-order valence-corrected chi connectivity index (χ2v) is 7.99. The number of benzene rings is 2. The highest BCUT2D eigenvalue weighted by Crippen LogP contribution is 2.36. The molecule has 146 valence electrons. The van der Waals surface area contributed by atoms with Crippen LogP contribution in [0.4, 0.5) is 0 Å². The number of rotatable bonds is 4. The fourth-order valence-electron chi connectivity index (χ4n) is 3.81. The molecule has 28 heavy (non-hydrogen) atoms. The van der Waals surface area contributed by atoms with Crippen molar-refractivity contribution in [3.8, 4) is 11.5 Å². The summed E-state index contributed by atoms with van der Waals surface area (Å²) in [4.78, 5) is 7.34. The summed E-state index contributed by atoms with van der Waals surface area (Å²) in [6.07, 6.45) is -0.231. The molecule has 1 atom stereocenters. The predicted octanol–water partition coefficient (Wildman–Crippen LogP) is 3.64. The molecule has 6 nitrogen and oxygen atoms in total. The number of aromatic nitrogens is 2. The Kier molecular flexibility index (Phi) is 4.96. The van der Waals surface area contributed by atoms with E-state index in [-0.39, 0.29) is 6.10 Å². The van der Waals surface area contributed by atoms with Gasteiger partial charge in [-0.25, -0.2) is 4.98 Å². The first-order valence-electron chi connectivity index (χ1n) is 9.62. The molecule has 5 rings (SSSR count). The largest absolute Gasteiger partial charge is 0.485 e. The number of morpholine rings is 1. The van der Waals surface area contributed by atoms with E-state index < -0.39 is 0 Å². The van der Waals surface area contributed by atoms with Crippen molar-refractivity contribution in [2.45, 2.75) is 12.6 Å². The van der Waals surface area contributed by atoms with E-state index in [1.807, 2.05) is 36.4 Å². The molecule has 0 N–H and O–H groups in total. The molecule has 3 aromatic rings. The Morgan fingerprint density at radius 2 is 1.86 bits per heavy atom. The lowest BCUT2D eigenvalue weighted by molar-refractivity contribution is 0.0357. The second kappa shape index (κ2) is 7.73. The molecule has 0 amide bonds. The topological polar surface area (TPSA) is 48.8 Å². The van der Waals surface area contributed by atoms with Gasteiger partial charge in [-0.3, -0.25) is 4.90 Å². The van der Waals surface area contributed by atoms with E-state index in [1.165, 1.54) is 0 Å². The number of nitrogens with zero attached hydrogens (tertiary/aromatic N) is 3. The lowest BCUT2D eigenvalue weighted by Crippen LogP contribution is -2.38. The van der Waals surface area contributed by atoms with Crippen LogP contribution in [-0.2, 0) is 11.3 Å². The summed E-state index contributed by atoms with van der Waals surface area (Å²) in [6.45, 7) is 5.82. The molecule has 0 saturated carbocycles. The zero-order valence-electron chi connectivity index (χ0n) is 15.5. The highest BCUT2D eigenvalue weighted by atomic mass is 79.9. The van der Waals surface area contributed by atoms with Crippen LogP contribution in [0, 0.1) is 0 Å². The fraction of sp³-hybridized carbons (Fsp3) is 0.381. The van der Waals surface area contributed by atoms with Crippen LogP contribution in [0.1, 0.15) is 11.9 Å². The monoisotopic (exact) mass is 443 g/mol. The van der Waals surface area contributed by atoms with Crippen molar-refractivity contribution in [2.24, 2.45) is 0 Å². The van der Waals surface area contributed by atoms with Gasteiger partial charge in [0.1, 0.15) is 6.61 Å². The van der Waals surface area contributed by atoms with E-state index in [0.29, 0.717) is 6.61 Å². The Morgan fingerprint density at radius 3 is 2.71 bits per heavy atom. The zero-order chi connectivity index (χ0) is 18.9. The third-order valence-electron chi connectivity index (χ3n) is 5.28. The maximum absolute atomic E-state index is 6.26. The zero-order valence-corrected chi connectivity index (χ0v) is 17.1. The maximum atomic E-state index is 6.26. The van der Waals surface area contributed by atoms with Crippen LogP contribution < -0.4 is 9.47 Å². The first-order valence-corrected chi connectivity index (χ1v) is 10.4. The summed E-state index contributed by atoms with van der Waals surface area (Å²) in [6, 6.07) is 14.0. The first-order chi connectivity index (χ1) is 13.8. The predicted molar refractivity (Wildman–Crippen MR) is 110 cm³/mol. The van der Waals surface area contributed by atoms with Crippen molar-refractivity contribution < 1.29 is 14.2 Å². The minimum atomic E-state index is -0.231. The quantitative estimate of drug-likeness (QED) is 0.615. The Balaban J connectivity index is 1.47. The van der Waals surface area contributed by atoms with Crippen molar-refractivity contribution in [1.82, 2.24) is 14.5 Å². The number of para-hydroxylation sites is 2. The van der Waals surface area contributed by atoms with Gasteiger partial charge in [0.2, 0.25) is 0 Å². The average Bonchev–Trinajstić information content (AvgIpc) is 3.10. The third-order valence-corrected chi connectivity index (χ3v) is 5.77. The van der Waals surface area contributed by atoms with E-state index in [2.05, 4.69) is 31.5 Å². The van der Waals surface area contributed by atoms with Gasteiger partial charge in [0.25, 0.3) is 0 Å². The summed E-state index contributed by atoms with van der Waals surface area (Å²) < 4.78 is 21.0. The molecule has 0 aliphatic carbocycles. The molecule has 7 heteroatoms. The number of hydrogen-bond donors (Lipinski definition) is 0. The molecule has 2 aliphatic heterocycles. The van der Waals surface area contributed by atoms with Gasteiger partial charge >= 0.3 is 0 Å². The Bertz CT molecular complexity index is 984. The van der Waals surface area contributed by atoms with E-state index in [4.69, 9.17) is 19.2 Å². The molecule has 2 aliphatic rings. The lowest BCUT2D eigenvalue weighted by atomic mass is 10.2. The summed E-state index contributed by atoms with van der Waals surface area (Å²) in [5.74, 6) is 2.47. The number of fused-ring (bicyclic) bond motifs is 2. The molecule has 1 unspecified atom stereocenters. The molecule has 0 bridgehead atoms. The van der Waals surface area contributed by atoms with Crippen LogP contribution >= 0.6 is 15.9 Å². The minimum Gasteiger partial charge on any atom is -0.485 e. The summed E-state index contributed by atoms with van der Waals surface area (Å²) in [7, 11) is 0. The summed E-state index contributed by atoms with van der Waals surface area (Å²) in [5.41, 5.74) is 2.09. The minimum absolute atomic E-state index is 0.231. The van der Waals surface area contributed by atoms with Crippen molar-refractivity contribution in [1.29, 1.82) is 0 Å². The van der Waals surface area contributed by atoms with Crippen LogP contribution in [0.15, 0.2) is 46.9 Å². The van der Waals surface area contributed by atoms with Crippen LogP contribution in [0.5, 0.6) is 11.5 Å². The molecule has 0 spiro atoms. The molecule has 2 aromatic carbocycles. The van der Waals surface area contributed by atoms with Crippen LogP contribution in [-0.4, -0.2) is 53.9 Å². The third kappa shape index (κ3) is 3.50. The molecular formula is C21H22BrN3O3. The first kappa shape index (κ1) is 18.0. The second-order valence-electron chi connectivity index (χ2n) is 7.07. The Morgan fingerprint density at radius 1 is 1.04 bits per heavy atom. The number of hydrogen-bond acceptors (Lipinski definition) is 5. The van der Waals surface area contributed by atoms with Crippen molar-refractivity contribution in [3.05, 3.63) is 52.8 Å². The van der Waals surface area contributed by atoms with Gasteiger partial charge in [-0.2, -0.15) is 0 Å². The van der Waals surface area contributed by atoms with Crippen molar-refractivity contribution in [2.75, 3.05) is 39.5 Å². The van der Waals surface area contributed by atoms with Crippen LogP contribution in [0.2, 0.25) is 0 Å². The highest BCUT2D eigenvalue weighted by molar-refractivity contribution is 9.10. The van der Waals surface area contributed by atoms with Gasteiger partial charge in [0.05, 0.1) is 24.2 Å². The smallest absolute Gasteiger partial charge is 0.190 e. The van der Waals surface area contributed by atoms with Gasteiger partial charge in [-0.05, 0) is 30.3 Å². The fourth-order valence-corrected chi connectivity index (χ4v) is 4.16. The Hall–Kier alpha value is -2.09. The number of imidazole rings is 1. The molecule has 0 radical (unpaired) electrons. The SMILES string of the molecule is Brc1ccc2nc(C3COc4ccccc4O3)n(CCN3CCOCC3)c2c1. The van der Waals surface area contributed by atoms with Gasteiger partial charge in [-0.1, -0.05) is 28.1 Å². The standard InChI is InChI=1S/C21H22BrN3O3/c22-15-5-6-16-17(13-15)25(8-7-24-9-11-26-12-10-24)21(23-16)20-14-27-18-3-1-2-4-19(18)28-20/h1-6,13,20H,7-12,14H2. The molecule has 3 heterocycles. The molecule has 1 aromatic heterocycles. The van der Waals surface area contributed by atoms with Gasteiger partial charge in [0.15, 0.2) is 23.4 Å². The molecule has 1 saturated heterocycles. The van der Waals surface area contributed by atoms with E-state index in [0.717, 1.165) is 72.2 Å².